The SMILES string of the molecule is CCOC(=O)[C](C)C(=O)OC1CCCCC1. The third-order valence-corrected chi connectivity index (χ3v) is 2.71. The minimum Gasteiger partial charge on any atom is -0.465 e. The molecule has 0 unspecified atom stereocenters. The van der Waals surface area contributed by atoms with E-state index in [0.29, 0.717) is 0 Å². The monoisotopic (exact) mass is 227 g/mol. The maximum absolute atomic E-state index is 11.6. The van der Waals surface area contributed by atoms with Crippen molar-refractivity contribution in [3.63, 3.8) is 0 Å². The molecular formula is C12H19O4. The number of carbonyl (C=O) groups excluding carboxylic acids is 2. The van der Waals surface area contributed by atoms with E-state index in [0.717, 1.165) is 25.7 Å². The van der Waals surface area contributed by atoms with E-state index in [-0.39, 0.29) is 18.6 Å². The Morgan fingerprint density at radius 2 is 1.75 bits per heavy atom. The molecule has 0 aliphatic heterocycles. The van der Waals surface area contributed by atoms with Gasteiger partial charge < -0.3 is 9.47 Å². The summed E-state index contributed by atoms with van der Waals surface area (Å²) in [7, 11) is 0. The predicted molar refractivity (Wildman–Crippen MR) is 58.5 cm³/mol. The minimum atomic E-state index is -0.580. The third-order valence-electron chi connectivity index (χ3n) is 2.71. The molecule has 4 nitrogen and oxygen atoms in total. The Morgan fingerprint density at radius 1 is 1.12 bits per heavy atom. The Morgan fingerprint density at radius 3 is 2.31 bits per heavy atom. The number of rotatable bonds is 4. The second-order valence-corrected chi connectivity index (χ2v) is 4.01. The van der Waals surface area contributed by atoms with Crippen LogP contribution < -0.4 is 0 Å². The predicted octanol–water partition coefficient (Wildman–Crippen LogP) is 2.02. The molecule has 0 bridgehead atoms. The molecule has 0 heterocycles. The average molecular weight is 227 g/mol. The lowest BCUT2D eigenvalue weighted by Crippen LogP contribution is -2.28. The van der Waals surface area contributed by atoms with Crippen LogP contribution in [0.2, 0.25) is 0 Å². The van der Waals surface area contributed by atoms with Crippen molar-refractivity contribution in [3.05, 3.63) is 5.92 Å². The van der Waals surface area contributed by atoms with E-state index in [1.165, 1.54) is 13.3 Å². The van der Waals surface area contributed by atoms with Gasteiger partial charge in [0.15, 0.2) is 5.92 Å². The molecular weight excluding hydrogens is 208 g/mol. The topological polar surface area (TPSA) is 52.6 Å². The van der Waals surface area contributed by atoms with Crippen LogP contribution in [0.5, 0.6) is 0 Å². The van der Waals surface area contributed by atoms with Gasteiger partial charge in [0.25, 0.3) is 0 Å². The van der Waals surface area contributed by atoms with Crippen molar-refractivity contribution in [2.24, 2.45) is 0 Å². The number of hydrogen-bond acceptors (Lipinski definition) is 4. The van der Waals surface area contributed by atoms with Crippen LogP contribution >= 0.6 is 0 Å². The molecule has 1 aliphatic carbocycles. The number of ether oxygens (including phenoxy) is 2. The normalized spacial score (nSPS) is 17.2. The fourth-order valence-electron chi connectivity index (χ4n) is 1.75. The van der Waals surface area contributed by atoms with E-state index in [4.69, 9.17) is 9.47 Å². The Kier molecular flexibility index (Phi) is 5.29. The first-order valence-electron chi connectivity index (χ1n) is 5.86. The Hall–Kier alpha value is -1.06. The van der Waals surface area contributed by atoms with Crippen molar-refractivity contribution in [3.8, 4) is 0 Å². The molecule has 91 valence electrons. The molecule has 0 amide bonds. The van der Waals surface area contributed by atoms with E-state index in [9.17, 15) is 9.59 Å². The van der Waals surface area contributed by atoms with Crippen molar-refractivity contribution < 1.29 is 19.1 Å². The molecule has 0 aromatic carbocycles. The van der Waals surface area contributed by atoms with E-state index in [1.807, 2.05) is 0 Å². The number of hydrogen-bond donors (Lipinski definition) is 0. The second-order valence-electron chi connectivity index (χ2n) is 4.01. The zero-order chi connectivity index (χ0) is 12.0. The fourth-order valence-corrected chi connectivity index (χ4v) is 1.75. The third kappa shape index (κ3) is 3.83. The van der Waals surface area contributed by atoms with Gasteiger partial charge in [-0.3, -0.25) is 9.59 Å². The Labute approximate surface area is 96.3 Å². The summed E-state index contributed by atoms with van der Waals surface area (Å²) in [4.78, 5) is 22.8. The fraction of sp³-hybridized carbons (Fsp3) is 0.750. The maximum atomic E-state index is 11.6. The molecule has 16 heavy (non-hydrogen) atoms. The van der Waals surface area contributed by atoms with Crippen LogP contribution in [0.3, 0.4) is 0 Å². The van der Waals surface area contributed by atoms with E-state index in [1.54, 1.807) is 6.92 Å². The van der Waals surface area contributed by atoms with Crippen molar-refractivity contribution >= 4 is 11.9 Å². The van der Waals surface area contributed by atoms with Crippen LogP contribution in [-0.4, -0.2) is 24.6 Å². The second kappa shape index (κ2) is 6.51. The molecule has 0 spiro atoms. The molecule has 1 fully saturated rings. The van der Waals surface area contributed by atoms with E-state index in [2.05, 4.69) is 0 Å². The standard InChI is InChI=1S/C12H19O4/c1-3-15-11(13)9(2)12(14)16-10-7-5-4-6-8-10/h10H,3-8H2,1-2H3. The van der Waals surface area contributed by atoms with Crippen LogP contribution in [-0.2, 0) is 19.1 Å². The number of carbonyl (C=O) groups is 2. The van der Waals surface area contributed by atoms with Crippen molar-refractivity contribution in [2.75, 3.05) is 6.61 Å². The summed E-state index contributed by atoms with van der Waals surface area (Å²) >= 11 is 0. The summed E-state index contributed by atoms with van der Waals surface area (Å²) < 4.78 is 9.98. The summed E-state index contributed by atoms with van der Waals surface area (Å²) in [6.45, 7) is 3.42. The number of esters is 2. The molecule has 1 rings (SSSR count). The molecule has 1 aliphatic rings. The summed E-state index contributed by atoms with van der Waals surface area (Å²) in [5, 5.41) is 0. The van der Waals surface area contributed by atoms with Gasteiger partial charge in [0, 0.05) is 0 Å². The van der Waals surface area contributed by atoms with Gasteiger partial charge in [0.2, 0.25) is 0 Å². The van der Waals surface area contributed by atoms with Crippen LogP contribution in [0.4, 0.5) is 0 Å². The highest BCUT2D eigenvalue weighted by Gasteiger charge is 2.28. The van der Waals surface area contributed by atoms with E-state index >= 15 is 0 Å². The lowest BCUT2D eigenvalue weighted by molar-refractivity contribution is -0.154. The maximum Gasteiger partial charge on any atom is 0.325 e. The van der Waals surface area contributed by atoms with Gasteiger partial charge in [-0.05, 0) is 39.5 Å². The quantitative estimate of drug-likeness (QED) is 0.544. The van der Waals surface area contributed by atoms with Crippen molar-refractivity contribution in [1.82, 2.24) is 0 Å². The lowest BCUT2D eigenvalue weighted by atomic mass is 9.97. The summed E-state index contributed by atoms with van der Waals surface area (Å²) in [6, 6.07) is 0. The Bertz CT molecular complexity index is 243. The van der Waals surface area contributed by atoms with Gasteiger partial charge in [-0.25, -0.2) is 0 Å². The first-order valence-corrected chi connectivity index (χ1v) is 5.86. The van der Waals surface area contributed by atoms with E-state index < -0.39 is 11.9 Å². The zero-order valence-corrected chi connectivity index (χ0v) is 9.95. The highest BCUT2D eigenvalue weighted by molar-refractivity contribution is 6.09. The molecule has 0 saturated heterocycles. The smallest absolute Gasteiger partial charge is 0.325 e. The van der Waals surface area contributed by atoms with Crippen molar-refractivity contribution in [1.29, 1.82) is 0 Å². The Balaban J connectivity index is 2.35. The molecule has 0 atom stereocenters. The largest absolute Gasteiger partial charge is 0.465 e. The minimum absolute atomic E-state index is 0.0226. The van der Waals surface area contributed by atoms with Gasteiger partial charge in [-0.2, -0.15) is 0 Å². The van der Waals surface area contributed by atoms with Gasteiger partial charge in [0.1, 0.15) is 6.10 Å². The first kappa shape index (κ1) is 13.0. The highest BCUT2D eigenvalue weighted by atomic mass is 16.6. The average Bonchev–Trinajstić information content (AvgIpc) is 2.29. The molecule has 0 N–H and O–H groups in total. The van der Waals surface area contributed by atoms with Gasteiger partial charge in [-0.15, -0.1) is 0 Å². The van der Waals surface area contributed by atoms with Crippen LogP contribution in [0, 0.1) is 5.92 Å². The van der Waals surface area contributed by atoms with Gasteiger partial charge in [-0.1, -0.05) is 6.42 Å². The van der Waals surface area contributed by atoms with Gasteiger partial charge >= 0.3 is 11.9 Å². The summed E-state index contributed by atoms with van der Waals surface area (Å²) in [5.41, 5.74) is 0. The molecule has 4 heteroatoms. The van der Waals surface area contributed by atoms with Crippen LogP contribution in [0.15, 0.2) is 0 Å². The summed E-state index contributed by atoms with van der Waals surface area (Å²) in [5.74, 6) is -1.08. The lowest BCUT2D eigenvalue weighted by Gasteiger charge is -2.22. The van der Waals surface area contributed by atoms with Crippen molar-refractivity contribution in [2.45, 2.75) is 52.1 Å². The van der Waals surface area contributed by atoms with Crippen LogP contribution in [0.25, 0.3) is 0 Å². The first-order chi connectivity index (χ1) is 7.65. The molecule has 1 saturated carbocycles. The van der Waals surface area contributed by atoms with Crippen LogP contribution in [0.1, 0.15) is 46.0 Å². The molecule has 0 aromatic heterocycles. The molecule has 0 aromatic rings. The molecule has 1 radical (unpaired) electrons. The summed E-state index contributed by atoms with van der Waals surface area (Å²) in [6.07, 6.45) is 5.18. The highest BCUT2D eigenvalue weighted by Crippen LogP contribution is 2.21. The van der Waals surface area contributed by atoms with Gasteiger partial charge in [0.05, 0.1) is 6.61 Å². The zero-order valence-electron chi connectivity index (χ0n) is 9.95.